The van der Waals surface area contributed by atoms with E-state index in [1.54, 1.807) is 18.5 Å². The summed E-state index contributed by atoms with van der Waals surface area (Å²) >= 11 is 1.36. The molecular formula is C42H45N7O4S. The number of anilines is 1. The van der Waals surface area contributed by atoms with Crippen molar-refractivity contribution in [3.63, 3.8) is 0 Å². The summed E-state index contributed by atoms with van der Waals surface area (Å²) in [4.78, 5) is 46.1. The highest BCUT2D eigenvalue weighted by Gasteiger charge is 2.58. The number of amides is 1. The first-order valence-electron chi connectivity index (χ1n) is 18.3. The van der Waals surface area contributed by atoms with Crippen LogP contribution >= 0.6 is 11.3 Å². The highest BCUT2D eigenvalue weighted by Crippen LogP contribution is 2.63. The molecule has 278 valence electrons. The van der Waals surface area contributed by atoms with Gasteiger partial charge in [0.15, 0.2) is 16.5 Å². The van der Waals surface area contributed by atoms with Crippen LogP contribution in [0.5, 0.6) is 0 Å². The average Bonchev–Trinajstić information content (AvgIpc) is 3.67. The molecule has 2 bridgehead atoms. The van der Waals surface area contributed by atoms with Crippen molar-refractivity contribution in [2.45, 2.75) is 78.9 Å². The van der Waals surface area contributed by atoms with E-state index in [1.165, 1.54) is 11.3 Å². The first-order chi connectivity index (χ1) is 25.7. The lowest BCUT2D eigenvalue weighted by atomic mass is 9.48. The lowest BCUT2D eigenvalue weighted by Crippen LogP contribution is -2.58. The number of pyridine rings is 2. The van der Waals surface area contributed by atoms with Crippen LogP contribution in [0.1, 0.15) is 86.3 Å². The second kappa shape index (κ2) is 13.1. The summed E-state index contributed by atoms with van der Waals surface area (Å²) in [7, 11) is 1.85. The van der Waals surface area contributed by atoms with E-state index < -0.39 is 5.97 Å². The Morgan fingerprint density at radius 3 is 2.56 bits per heavy atom. The fraction of sp³-hybridized carbons (Fsp3) is 0.381. The van der Waals surface area contributed by atoms with Crippen molar-refractivity contribution >= 4 is 49.5 Å². The molecule has 3 atom stereocenters. The number of carbonyl (C=O) groups is 2. The maximum absolute atomic E-state index is 13.5. The Bertz CT molecular complexity index is 2420. The molecule has 2 aromatic carbocycles. The number of hydrogen-bond donors (Lipinski definition) is 3. The van der Waals surface area contributed by atoms with Crippen molar-refractivity contribution < 1.29 is 19.5 Å². The molecule has 12 heteroatoms. The van der Waals surface area contributed by atoms with E-state index in [0.29, 0.717) is 45.1 Å². The van der Waals surface area contributed by atoms with Gasteiger partial charge in [-0.15, -0.1) is 0 Å². The van der Waals surface area contributed by atoms with Gasteiger partial charge in [0.2, 0.25) is 0 Å². The van der Waals surface area contributed by atoms with Crippen LogP contribution in [0.25, 0.3) is 43.5 Å². The van der Waals surface area contributed by atoms with Gasteiger partial charge in [0, 0.05) is 47.7 Å². The number of rotatable bonds is 9. The third-order valence-electron chi connectivity index (χ3n) is 11.2. The minimum atomic E-state index is -1.13. The van der Waals surface area contributed by atoms with E-state index in [9.17, 15) is 14.7 Å². The van der Waals surface area contributed by atoms with Gasteiger partial charge in [-0.25, -0.2) is 20.2 Å². The maximum atomic E-state index is 13.5. The number of thiazole rings is 1. The average molecular weight is 744 g/mol. The van der Waals surface area contributed by atoms with E-state index in [2.05, 4.69) is 53.4 Å². The monoisotopic (exact) mass is 743 g/mol. The SMILES string of the molecule is CNOC12CC(C)(C)CC(C)(CC(C)(Cn3ncc(-c4ccc(-c5ccc6cccc(C(=O)Nc7nc8ncccc8s7)c6c5)nc4C(=O)O)c3C)C1)C2. The molecular weight excluding hydrogens is 699 g/mol. The molecule has 0 radical (unpaired) electrons. The minimum Gasteiger partial charge on any atom is -0.476 e. The predicted molar refractivity (Wildman–Crippen MR) is 211 cm³/mol. The number of aromatic carboxylic acids is 1. The van der Waals surface area contributed by atoms with Gasteiger partial charge >= 0.3 is 5.97 Å². The van der Waals surface area contributed by atoms with Crippen LogP contribution in [0.2, 0.25) is 0 Å². The van der Waals surface area contributed by atoms with Crippen LogP contribution in [0.15, 0.2) is 73.1 Å². The second-order valence-corrected chi connectivity index (χ2v) is 17.9. The van der Waals surface area contributed by atoms with Crippen molar-refractivity contribution in [1.82, 2.24) is 30.2 Å². The van der Waals surface area contributed by atoms with Crippen LogP contribution in [0, 0.1) is 23.2 Å². The Morgan fingerprint density at radius 2 is 1.78 bits per heavy atom. The summed E-state index contributed by atoms with van der Waals surface area (Å²) in [6.45, 7) is 12.1. The molecule has 2 saturated carbocycles. The van der Waals surface area contributed by atoms with Crippen molar-refractivity contribution in [3.05, 3.63) is 90.0 Å². The molecule has 0 saturated heterocycles. The summed E-state index contributed by atoms with van der Waals surface area (Å²) in [5, 5.41) is 20.2. The van der Waals surface area contributed by atoms with E-state index in [0.717, 1.165) is 53.4 Å². The normalized spacial score (nSPS) is 23.4. The molecule has 8 rings (SSSR count). The number of nitrogens with one attached hydrogen (secondary N) is 2. The first kappa shape index (κ1) is 36.0. The van der Waals surface area contributed by atoms with E-state index in [1.807, 2.05) is 73.3 Å². The van der Waals surface area contributed by atoms with E-state index >= 15 is 0 Å². The predicted octanol–water partition coefficient (Wildman–Crippen LogP) is 8.94. The van der Waals surface area contributed by atoms with Gasteiger partial charge < -0.3 is 5.11 Å². The molecule has 2 aliphatic carbocycles. The zero-order chi connectivity index (χ0) is 38.0. The van der Waals surface area contributed by atoms with Crippen LogP contribution < -0.4 is 10.8 Å². The molecule has 3 N–H and O–H groups in total. The van der Waals surface area contributed by atoms with Gasteiger partial charge in [-0.1, -0.05) is 63.3 Å². The molecule has 11 nitrogen and oxygen atoms in total. The number of carboxylic acids is 1. The fourth-order valence-electron chi connectivity index (χ4n) is 10.4. The zero-order valence-corrected chi connectivity index (χ0v) is 32.3. The van der Waals surface area contributed by atoms with Gasteiger partial charge in [0.05, 0.1) is 22.2 Å². The Hall–Kier alpha value is -5.04. The Morgan fingerprint density at radius 1 is 0.944 bits per heavy atom. The lowest BCUT2D eigenvalue weighted by Gasteiger charge is -2.60. The van der Waals surface area contributed by atoms with Crippen LogP contribution in [-0.2, 0) is 11.4 Å². The van der Waals surface area contributed by atoms with Gasteiger partial charge in [0.25, 0.3) is 5.91 Å². The Labute approximate surface area is 318 Å². The number of fused-ring (bicyclic) bond motifs is 4. The zero-order valence-electron chi connectivity index (χ0n) is 31.5. The van der Waals surface area contributed by atoms with Gasteiger partial charge in [-0.2, -0.15) is 10.1 Å². The molecule has 2 aliphatic rings. The highest BCUT2D eigenvalue weighted by atomic mass is 32.1. The van der Waals surface area contributed by atoms with Crippen molar-refractivity contribution in [2.75, 3.05) is 12.4 Å². The summed E-state index contributed by atoms with van der Waals surface area (Å²) < 4.78 is 2.91. The van der Waals surface area contributed by atoms with Crippen molar-refractivity contribution in [3.8, 4) is 22.4 Å². The second-order valence-electron chi connectivity index (χ2n) is 16.9. The summed E-state index contributed by atoms with van der Waals surface area (Å²) in [6.07, 6.45) is 8.54. The number of hydroxylamine groups is 1. The number of nitrogens with zero attached hydrogens (tertiary/aromatic N) is 5. The summed E-state index contributed by atoms with van der Waals surface area (Å²) in [5.74, 6) is -1.43. The van der Waals surface area contributed by atoms with Gasteiger partial charge in [0.1, 0.15) is 0 Å². The Balaban J connectivity index is 1.08. The van der Waals surface area contributed by atoms with Crippen molar-refractivity contribution in [1.29, 1.82) is 0 Å². The maximum Gasteiger partial charge on any atom is 0.355 e. The summed E-state index contributed by atoms with van der Waals surface area (Å²) in [5.41, 5.74) is 7.32. The molecule has 0 spiro atoms. The fourth-order valence-corrected chi connectivity index (χ4v) is 11.2. The van der Waals surface area contributed by atoms with Gasteiger partial charge in [-0.3, -0.25) is 19.6 Å². The minimum absolute atomic E-state index is 0.0553. The smallest absolute Gasteiger partial charge is 0.355 e. The van der Waals surface area contributed by atoms with Crippen LogP contribution in [0.3, 0.4) is 0 Å². The molecule has 0 aliphatic heterocycles. The molecule has 4 aromatic heterocycles. The molecule has 3 unspecified atom stereocenters. The number of benzene rings is 2. The number of carbonyl (C=O) groups excluding carboxylic acids is 1. The third kappa shape index (κ3) is 6.67. The molecule has 1 amide bonds. The Kier molecular flexibility index (Phi) is 8.70. The molecule has 6 aromatic rings. The first-order valence-corrected chi connectivity index (χ1v) is 19.2. The van der Waals surface area contributed by atoms with Crippen LogP contribution in [0.4, 0.5) is 5.13 Å². The number of aromatic nitrogens is 5. The number of carboxylic acid groups (broad SMARTS) is 1. The molecule has 2 fully saturated rings. The van der Waals surface area contributed by atoms with Crippen LogP contribution in [-0.4, -0.2) is 54.4 Å². The highest BCUT2D eigenvalue weighted by molar-refractivity contribution is 7.22. The number of hydrogen-bond acceptors (Lipinski definition) is 9. The topological polar surface area (TPSA) is 144 Å². The molecule has 54 heavy (non-hydrogen) atoms. The van der Waals surface area contributed by atoms with Crippen molar-refractivity contribution in [2.24, 2.45) is 16.2 Å². The third-order valence-corrected chi connectivity index (χ3v) is 12.1. The quantitative estimate of drug-likeness (QED) is 0.124. The van der Waals surface area contributed by atoms with E-state index in [4.69, 9.17) is 9.94 Å². The van der Waals surface area contributed by atoms with Gasteiger partial charge in [-0.05, 0) is 102 Å². The standard InChI is InChI=1S/C42H45N7O4S/c1-25-31(18-45-49(25)24-41(5)21-40(4)19-39(2,3)20-42(22-40,23-41)53-43-6)28-14-15-32(46-34(28)37(51)52)27-13-12-26-9-7-10-29(30(26)17-27)36(50)48-38-47-35-33(54-38)11-8-16-44-35/h7-18,43H,19-24H2,1-6H3,(H,51,52)(H,44,47,48,50). The lowest BCUT2D eigenvalue weighted by molar-refractivity contribution is -0.217. The summed E-state index contributed by atoms with van der Waals surface area (Å²) in [6, 6.07) is 18.6. The molecule has 4 heterocycles. The largest absolute Gasteiger partial charge is 0.476 e. The van der Waals surface area contributed by atoms with E-state index in [-0.39, 0.29) is 33.4 Å².